The molecule has 0 aliphatic carbocycles. The highest BCUT2D eigenvalue weighted by atomic mass is 16.2. The van der Waals surface area contributed by atoms with Gasteiger partial charge in [-0.1, -0.05) is 13.3 Å². The van der Waals surface area contributed by atoms with Gasteiger partial charge in [-0.2, -0.15) is 0 Å². The monoisotopic (exact) mass is 159 g/mol. The molecule has 0 saturated heterocycles. The predicted octanol–water partition coefficient (Wildman–Crippen LogP) is 0.562. The van der Waals surface area contributed by atoms with Gasteiger partial charge in [-0.15, -0.1) is 0 Å². The lowest BCUT2D eigenvalue weighted by Crippen LogP contribution is -2.43. The van der Waals surface area contributed by atoms with E-state index in [1.807, 2.05) is 0 Å². The van der Waals surface area contributed by atoms with Gasteiger partial charge in [0.25, 0.3) is 0 Å². The van der Waals surface area contributed by atoms with Gasteiger partial charge >= 0.3 is 6.03 Å². The minimum atomic E-state index is -0.136. The number of carbonyl (C=O) groups excluding carboxylic acids is 1. The van der Waals surface area contributed by atoms with Crippen molar-refractivity contribution in [3.63, 3.8) is 0 Å². The van der Waals surface area contributed by atoms with Crippen molar-refractivity contribution < 1.29 is 4.79 Å². The van der Waals surface area contributed by atoms with Crippen molar-refractivity contribution in [1.29, 1.82) is 0 Å². The van der Waals surface area contributed by atoms with Crippen molar-refractivity contribution in [3.05, 3.63) is 0 Å². The molecule has 0 radical (unpaired) electrons. The Morgan fingerprint density at radius 1 is 1.45 bits per heavy atom. The highest BCUT2D eigenvalue weighted by Gasteiger charge is 1.97. The maximum atomic E-state index is 10.9. The Morgan fingerprint density at radius 3 is 2.55 bits per heavy atom. The van der Waals surface area contributed by atoms with E-state index < -0.39 is 0 Å². The SMILES string of the molecule is CCCCNC(=O)NN(C)C. The van der Waals surface area contributed by atoms with Crippen LogP contribution in [0.5, 0.6) is 0 Å². The molecular weight excluding hydrogens is 142 g/mol. The summed E-state index contributed by atoms with van der Waals surface area (Å²) in [7, 11) is 3.55. The van der Waals surface area contributed by atoms with Gasteiger partial charge in [-0.3, -0.25) is 5.43 Å². The maximum absolute atomic E-state index is 10.9. The number of hydrogen-bond donors (Lipinski definition) is 2. The highest BCUT2D eigenvalue weighted by Crippen LogP contribution is 1.81. The van der Waals surface area contributed by atoms with Gasteiger partial charge < -0.3 is 5.32 Å². The van der Waals surface area contributed by atoms with Gasteiger partial charge in [0, 0.05) is 20.6 Å². The average molecular weight is 159 g/mol. The second-order valence-electron chi connectivity index (χ2n) is 2.62. The van der Waals surface area contributed by atoms with Crippen LogP contribution in [0.1, 0.15) is 19.8 Å². The van der Waals surface area contributed by atoms with E-state index in [4.69, 9.17) is 0 Å². The molecule has 0 aliphatic heterocycles. The summed E-state index contributed by atoms with van der Waals surface area (Å²) < 4.78 is 0. The van der Waals surface area contributed by atoms with Crippen LogP contribution < -0.4 is 10.7 Å². The van der Waals surface area contributed by atoms with E-state index in [1.54, 1.807) is 19.1 Å². The lowest BCUT2D eigenvalue weighted by atomic mass is 10.3. The van der Waals surface area contributed by atoms with Gasteiger partial charge in [0.2, 0.25) is 0 Å². The Labute approximate surface area is 67.9 Å². The summed E-state index contributed by atoms with van der Waals surface area (Å²) in [5, 5.41) is 4.34. The van der Waals surface area contributed by atoms with E-state index in [-0.39, 0.29) is 6.03 Å². The Kier molecular flexibility index (Phi) is 5.56. The molecule has 0 saturated carbocycles. The third-order valence-electron chi connectivity index (χ3n) is 1.14. The van der Waals surface area contributed by atoms with Crippen molar-refractivity contribution in [2.75, 3.05) is 20.6 Å². The Bertz CT molecular complexity index is 114. The predicted molar refractivity (Wildman–Crippen MR) is 45.1 cm³/mol. The van der Waals surface area contributed by atoms with Crippen LogP contribution in [0.4, 0.5) is 4.79 Å². The van der Waals surface area contributed by atoms with Crippen LogP contribution in [0.25, 0.3) is 0 Å². The number of hydrazine groups is 1. The number of nitrogens with zero attached hydrogens (tertiary/aromatic N) is 1. The average Bonchev–Trinajstić information content (AvgIpc) is 1.86. The Hall–Kier alpha value is -0.770. The number of amides is 2. The van der Waals surface area contributed by atoms with Gasteiger partial charge in [-0.05, 0) is 6.42 Å². The lowest BCUT2D eigenvalue weighted by molar-refractivity contribution is 0.212. The Balaban J connectivity index is 3.23. The van der Waals surface area contributed by atoms with Crippen molar-refractivity contribution in [1.82, 2.24) is 15.8 Å². The van der Waals surface area contributed by atoms with Gasteiger partial charge in [-0.25, -0.2) is 9.80 Å². The molecule has 0 fully saturated rings. The summed E-state index contributed by atoms with van der Waals surface area (Å²) >= 11 is 0. The third kappa shape index (κ3) is 7.12. The fraction of sp³-hybridized carbons (Fsp3) is 0.857. The number of nitrogens with one attached hydrogen (secondary N) is 2. The van der Waals surface area contributed by atoms with E-state index in [2.05, 4.69) is 17.7 Å². The molecule has 0 atom stereocenters. The van der Waals surface area contributed by atoms with Crippen LogP contribution in [-0.2, 0) is 0 Å². The van der Waals surface area contributed by atoms with E-state index in [0.29, 0.717) is 0 Å². The quantitative estimate of drug-likeness (QED) is 0.465. The molecular formula is C7H17N3O. The fourth-order valence-electron chi connectivity index (χ4n) is 0.621. The van der Waals surface area contributed by atoms with Crippen LogP contribution in [0.3, 0.4) is 0 Å². The van der Waals surface area contributed by atoms with Crippen molar-refractivity contribution >= 4 is 6.03 Å². The summed E-state index contributed by atoms with van der Waals surface area (Å²) in [5.41, 5.74) is 2.58. The smallest absolute Gasteiger partial charge is 0.329 e. The molecule has 4 heteroatoms. The number of rotatable bonds is 4. The van der Waals surface area contributed by atoms with Crippen LogP contribution >= 0.6 is 0 Å². The zero-order chi connectivity index (χ0) is 8.69. The Morgan fingerprint density at radius 2 is 2.09 bits per heavy atom. The number of urea groups is 1. The molecule has 66 valence electrons. The number of unbranched alkanes of at least 4 members (excludes halogenated alkanes) is 1. The summed E-state index contributed by atoms with van der Waals surface area (Å²) in [6.07, 6.45) is 2.13. The first-order chi connectivity index (χ1) is 5.16. The standard InChI is InChI=1S/C7H17N3O/c1-4-5-6-8-7(11)9-10(2)3/h4-6H2,1-3H3,(H2,8,9,11). The summed E-state index contributed by atoms with van der Waals surface area (Å²) in [6, 6.07) is -0.136. The molecule has 0 bridgehead atoms. The van der Waals surface area contributed by atoms with Gasteiger partial charge in [0.15, 0.2) is 0 Å². The molecule has 4 nitrogen and oxygen atoms in total. The fourth-order valence-corrected chi connectivity index (χ4v) is 0.621. The van der Waals surface area contributed by atoms with Crippen LogP contribution in [0.15, 0.2) is 0 Å². The van der Waals surface area contributed by atoms with E-state index >= 15 is 0 Å². The van der Waals surface area contributed by atoms with Crippen LogP contribution in [0.2, 0.25) is 0 Å². The normalized spacial score (nSPS) is 9.82. The van der Waals surface area contributed by atoms with Gasteiger partial charge in [0.1, 0.15) is 0 Å². The van der Waals surface area contributed by atoms with Crippen molar-refractivity contribution in [2.24, 2.45) is 0 Å². The molecule has 0 aliphatic rings. The zero-order valence-electron chi connectivity index (χ0n) is 7.48. The second-order valence-corrected chi connectivity index (χ2v) is 2.62. The molecule has 2 N–H and O–H groups in total. The van der Waals surface area contributed by atoms with Crippen LogP contribution in [0, 0.1) is 0 Å². The van der Waals surface area contributed by atoms with Crippen molar-refractivity contribution in [3.8, 4) is 0 Å². The minimum Gasteiger partial charge on any atom is -0.337 e. The van der Waals surface area contributed by atoms with E-state index in [9.17, 15) is 4.79 Å². The van der Waals surface area contributed by atoms with E-state index in [0.717, 1.165) is 19.4 Å². The first-order valence-electron chi connectivity index (χ1n) is 3.88. The molecule has 0 unspecified atom stereocenters. The van der Waals surface area contributed by atoms with Crippen LogP contribution in [-0.4, -0.2) is 31.7 Å². The molecule has 0 spiro atoms. The summed E-state index contributed by atoms with van der Waals surface area (Å²) in [5.74, 6) is 0. The molecule has 0 rings (SSSR count). The molecule has 11 heavy (non-hydrogen) atoms. The first-order valence-corrected chi connectivity index (χ1v) is 3.88. The maximum Gasteiger partial charge on any atom is 0.329 e. The second kappa shape index (κ2) is 5.97. The van der Waals surface area contributed by atoms with E-state index in [1.165, 1.54) is 0 Å². The molecule has 0 heterocycles. The number of carbonyl (C=O) groups is 1. The first kappa shape index (κ1) is 10.2. The lowest BCUT2D eigenvalue weighted by Gasteiger charge is -2.12. The third-order valence-corrected chi connectivity index (χ3v) is 1.14. The highest BCUT2D eigenvalue weighted by molar-refractivity contribution is 5.73. The van der Waals surface area contributed by atoms with Gasteiger partial charge in [0.05, 0.1) is 0 Å². The summed E-state index contributed by atoms with van der Waals surface area (Å²) in [4.78, 5) is 10.9. The summed E-state index contributed by atoms with van der Waals surface area (Å²) in [6.45, 7) is 2.84. The minimum absolute atomic E-state index is 0.136. The zero-order valence-corrected chi connectivity index (χ0v) is 7.48. The molecule has 2 amide bonds. The molecule has 0 aromatic rings. The number of hydrogen-bond acceptors (Lipinski definition) is 2. The topological polar surface area (TPSA) is 44.4 Å². The molecule has 0 aromatic heterocycles. The molecule has 0 aromatic carbocycles. The van der Waals surface area contributed by atoms with Crippen molar-refractivity contribution in [2.45, 2.75) is 19.8 Å². The largest absolute Gasteiger partial charge is 0.337 e.